The van der Waals surface area contributed by atoms with Crippen LogP contribution in [0.15, 0.2) is 43.4 Å². The molecule has 0 radical (unpaired) electrons. The zero-order valence-corrected chi connectivity index (χ0v) is 18.4. The molecule has 4 heterocycles. The Bertz CT molecular complexity index is 1340. The smallest absolute Gasteiger partial charge is 0.246 e. The fraction of sp³-hybridized carbons (Fsp3) is 0.227. The molecule has 9 heteroatoms. The van der Waals surface area contributed by atoms with Crippen molar-refractivity contribution in [3.63, 3.8) is 0 Å². The largest absolute Gasteiger partial charge is 0.495 e. The van der Waals surface area contributed by atoms with Crippen molar-refractivity contribution in [3.05, 3.63) is 48.4 Å². The summed E-state index contributed by atoms with van der Waals surface area (Å²) in [7, 11) is 1.64. The minimum absolute atomic E-state index is 0.0539. The van der Waals surface area contributed by atoms with Gasteiger partial charge < -0.3 is 19.9 Å². The van der Waals surface area contributed by atoms with Gasteiger partial charge in [-0.1, -0.05) is 18.2 Å². The monoisotopic (exact) mass is 453 g/mol. The van der Waals surface area contributed by atoms with Crippen LogP contribution >= 0.6 is 22.9 Å². The molecule has 0 aliphatic carbocycles. The second kappa shape index (κ2) is 7.55. The third-order valence-electron chi connectivity index (χ3n) is 5.71. The summed E-state index contributed by atoms with van der Waals surface area (Å²) >= 11 is 7.87. The van der Waals surface area contributed by atoms with Gasteiger partial charge in [0.15, 0.2) is 0 Å². The number of amides is 1. The Kier molecular flexibility index (Phi) is 4.83. The van der Waals surface area contributed by atoms with Crippen LogP contribution < -0.4 is 10.5 Å². The molecule has 1 aromatic carbocycles. The van der Waals surface area contributed by atoms with Crippen LogP contribution in [-0.2, 0) is 4.79 Å². The van der Waals surface area contributed by atoms with E-state index in [9.17, 15) is 4.79 Å². The quantitative estimate of drug-likeness (QED) is 0.459. The number of carbonyl (C=O) groups is 1. The van der Waals surface area contributed by atoms with Crippen molar-refractivity contribution >= 4 is 55.8 Å². The number of nitrogens with two attached hydrogens (primary N) is 1. The van der Waals surface area contributed by atoms with Gasteiger partial charge in [-0.15, -0.1) is 11.3 Å². The minimum atomic E-state index is -0.0539. The van der Waals surface area contributed by atoms with Crippen molar-refractivity contribution < 1.29 is 9.53 Å². The van der Waals surface area contributed by atoms with Crippen molar-refractivity contribution in [2.24, 2.45) is 0 Å². The summed E-state index contributed by atoms with van der Waals surface area (Å²) in [4.78, 5) is 23.6. The maximum Gasteiger partial charge on any atom is 0.246 e. The molecule has 7 nitrogen and oxygen atoms in total. The second-order valence-electron chi connectivity index (χ2n) is 7.48. The Morgan fingerprint density at radius 3 is 3.00 bits per heavy atom. The van der Waals surface area contributed by atoms with Gasteiger partial charge in [-0.2, -0.15) is 0 Å². The van der Waals surface area contributed by atoms with E-state index in [1.165, 1.54) is 12.4 Å². The molecule has 1 amide bonds. The molecule has 31 heavy (non-hydrogen) atoms. The van der Waals surface area contributed by atoms with E-state index in [0.717, 1.165) is 43.7 Å². The van der Waals surface area contributed by atoms with Crippen LogP contribution in [0.3, 0.4) is 0 Å². The Balaban J connectivity index is 1.66. The maximum absolute atomic E-state index is 12.1. The van der Waals surface area contributed by atoms with Gasteiger partial charge >= 0.3 is 0 Å². The highest BCUT2D eigenvalue weighted by atomic mass is 35.5. The SMILES string of the molecule is C=CC(=O)N1CC[C@H](n2cc(-c3cc4cc(Cl)cc(OC)c4s3)c3c(N)ncnc32)C1. The highest BCUT2D eigenvalue weighted by Crippen LogP contribution is 2.44. The molecule has 1 aliphatic heterocycles. The first-order valence-electron chi connectivity index (χ1n) is 9.80. The average Bonchev–Trinajstić information content (AvgIpc) is 3.48. The number of ether oxygens (including phenoxy) is 1. The van der Waals surface area contributed by atoms with Crippen molar-refractivity contribution in [2.45, 2.75) is 12.5 Å². The fourth-order valence-corrected chi connectivity index (χ4v) is 5.61. The number of nitrogen functional groups attached to an aromatic ring is 1. The van der Waals surface area contributed by atoms with Gasteiger partial charge in [0, 0.05) is 40.8 Å². The first-order valence-corrected chi connectivity index (χ1v) is 11.0. The number of rotatable bonds is 4. The number of methoxy groups -OCH3 is 1. The topological polar surface area (TPSA) is 86.3 Å². The summed E-state index contributed by atoms with van der Waals surface area (Å²) in [6.07, 6.45) is 5.74. The molecule has 5 rings (SSSR count). The van der Waals surface area contributed by atoms with Gasteiger partial charge in [0.1, 0.15) is 23.5 Å². The lowest BCUT2D eigenvalue weighted by Gasteiger charge is -2.15. The lowest BCUT2D eigenvalue weighted by Crippen LogP contribution is -2.27. The lowest BCUT2D eigenvalue weighted by molar-refractivity contribution is -0.125. The number of thiophene rings is 1. The molecule has 2 N–H and O–H groups in total. The molecule has 0 spiro atoms. The number of carbonyl (C=O) groups excluding carboxylic acids is 1. The van der Waals surface area contributed by atoms with Crippen LogP contribution in [0.25, 0.3) is 31.6 Å². The normalized spacial score (nSPS) is 16.3. The van der Waals surface area contributed by atoms with E-state index in [0.29, 0.717) is 23.9 Å². The van der Waals surface area contributed by atoms with Gasteiger partial charge in [-0.05, 0) is 30.0 Å². The lowest BCUT2D eigenvalue weighted by atomic mass is 10.1. The summed E-state index contributed by atoms with van der Waals surface area (Å²) in [5, 5.41) is 2.44. The second-order valence-corrected chi connectivity index (χ2v) is 8.96. The first kappa shape index (κ1) is 19.8. The third-order valence-corrected chi connectivity index (χ3v) is 7.13. The number of fused-ring (bicyclic) bond motifs is 2. The molecule has 1 aliphatic rings. The zero-order valence-electron chi connectivity index (χ0n) is 16.8. The summed E-state index contributed by atoms with van der Waals surface area (Å²) in [5.74, 6) is 1.11. The molecule has 1 fully saturated rings. The van der Waals surface area contributed by atoms with Crippen molar-refractivity contribution in [1.82, 2.24) is 19.4 Å². The maximum atomic E-state index is 12.1. The molecule has 0 unspecified atom stereocenters. The molecule has 1 saturated heterocycles. The van der Waals surface area contributed by atoms with Crippen LogP contribution in [0.4, 0.5) is 5.82 Å². The van der Waals surface area contributed by atoms with E-state index in [-0.39, 0.29) is 11.9 Å². The number of benzene rings is 1. The zero-order chi connectivity index (χ0) is 21.7. The van der Waals surface area contributed by atoms with Gasteiger partial charge in [0.05, 0.1) is 23.2 Å². The third kappa shape index (κ3) is 3.23. The Morgan fingerprint density at radius 2 is 2.23 bits per heavy atom. The number of halogens is 1. The first-order chi connectivity index (χ1) is 15.0. The van der Waals surface area contributed by atoms with Gasteiger partial charge in [-0.3, -0.25) is 4.79 Å². The fourth-order valence-electron chi connectivity index (χ4n) is 4.24. The minimum Gasteiger partial charge on any atom is -0.495 e. The van der Waals surface area contributed by atoms with Crippen LogP contribution in [0.5, 0.6) is 5.75 Å². The molecule has 0 bridgehead atoms. The molecular formula is C22H20ClN5O2S. The van der Waals surface area contributed by atoms with E-state index in [1.807, 2.05) is 12.1 Å². The molecule has 4 aromatic rings. The van der Waals surface area contributed by atoms with Crippen LogP contribution in [-0.4, -0.2) is 45.5 Å². The Morgan fingerprint density at radius 1 is 1.39 bits per heavy atom. The molecule has 158 valence electrons. The van der Waals surface area contributed by atoms with Crippen LogP contribution in [0.2, 0.25) is 5.02 Å². The number of hydrogen-bond acceptors (Lipinski definition) is 6. The summed E-state index contributed by atoms with van der Waals surface area (Å²) in [5.41, 5.74) is 8.02. The Hall–Kier alpha value is -3.10. The van der Waals surface area contributed by atoms with E-state index in [1.54, 1.807) is 23.3 Å². The van der Waals surface area contributed by atoms with Crippen molar-refractivity contribution in [2.75, 3.05) is 25.9 Å². The molecule has 1 atom stereocenters. The number of nitrogens with zero attached hydrogens (tertiary/aromatic N) is 4. The molecular weight excluding hydrogens is 434 g/mol. The van der Waals surface area contributed by atoms with Gasteiger partial charge in [0.2, 0.25) is 5.91 Å². The van der Waals surface area contributed by atoms with Gasteiger partial charge in [0.25, 0.3) is 0 Å². The summed E-state index contributed by atoms with van der Waals surface area (Å²) < 4.78 is 8.66. The van der Waals surface area contributed by atoms with Crippen LogP contribution in [0.1, 0.15) is 12.5 Å². The van der Waals surface area contributed by atoms with E-state index in [2.05, 4.69) is 33.4 Å². The number of likely N-dealkylation sites (tertiary alicyclic amines) is 1. The van der Waals surface area contributed by atoms with E-state index < -0.39 is 0 Å². The summed E-state index contributed by atoms with van der Waals surface area (Å²) in [6, 6.07) is 5.93. The highest BCUT2D eigenvalue weighted by Gasteiger charge is 2.29. The Labute approximate surface area is 187 Å². The predicted molar refractivity (Wildman–Crippen MR) is 125 cm³/mol. The van der Waals surface area contributed by atoms with Gasteiger partial charge in [-0.25, -0.2) is 9.97 Å². The summed E-state index contributed by atoms with van der Waals surface area (Å²) in [6.45, 7) is 4.89. The average molecular weight is 454 g/mol. The van der Waals surface area contributed by atoms with Crippen molar-refractivity contribution in [3.8, 4) is 16.2 Å². The van der Waals surface area contributed by atoms with E-state index >= 15 is 0 Å². The van der Waals surface area contributed by atoms with Crippen molar-refractivity contribution in [1.29, 1.82) is 0 Å². The predicted octanol–water partition coefficient (Wildman–Crippen LogP) is 4.52. The molecule has 0 saturated carbocycles. The number of hydrogen-bond donors (Lipinski definition) is 1. The number of anilines is 1. The van der Waals surface area contributed by atoms with E-state index in [4.69, 9.17) is 22.1 Å². The highest BCUT2D eigenvalue weighted by molar-refractivity contribution is 7.22. The standard InChI is InChI=1S/C22H20ClN5O2S/c1-3-18(29)27-5-4-14(9-27)28-10-15(19-21(24)25-11-26-22(19)28)17-7-12-6-13(23)8-16(30-2)20(12)31-17/h3,6-8,10-11,14H,1,4-5,9H2,2H3,(H2,24,25,26)/t14-/m0/s1. The number of aromatic nitrogens is 3. The van der Waals surface area contributed by atoms with Crippen LogP contribution in [0, 0.1) is 0 Å². The molecule has 3 aromatic heterocycles.